The molecule has 0 saturated heterocycles. The van der Waals surface area contributed by atoms with Crippen LogP contribution in [0.2, 0.25) is 0 Å². The Morgan fingerprint density at radius 2 is 0.968 bits per heavy atom. The van der Waals surface area contributed by atoms with Crippen molar-refractivity contribution in [2.75, 3.05) is 0 Å². The molecule has 1 nitrogen and oxygen atoms in total. The Bertz CT molecular complexity index is 1250. The smallest absolute Gasteiger partial charge is 0.0712 e. The zero-order valence-electron chi connectivity index (χ0n) is 16.9. The van der Waals surface area contributed by atoms with E-state index in [9.17, 15) is 0 Å². The maximum Gasteiger partial charge on any atom is 0.0712 e. The molecule has 0 unspecified atom stereocenters. The van der Waals surface area contributed by atoms with E-state index in [-0.39, 0.29) is 24.8 Å². The van der Waals surface area contributed by atoms with Crippen molar-refractivity contribution in [3.8, 4) is 22.3 Å². The lowest BCUT2D eigenvalue weighted by molar-refractivity contribution is 1.10. The molecule has 3 heteroatoms. The largest absolute Gasteiger partial charge is 0.252 e. The summed E-state index contributed by atoms with van der Waals surface area (Å²) in [6.07, 6.45) is 0.801. The Labute approximate surface area is 195 Å². The molecule has 4 aromatic carbocycles. The van der Waals surface area contributed by atoms with Gasteiger partial charge in [0.25, 0.3) is 0 Å². The molecule has 0 fully saturated rings. The third kappa shape index (κ3) is 4.64. The van der Waals surface area contributed by atoms with E-state index in [2.05, 4.69) is 115 Å². The molecule has 0 radical (unpaired) electrons. The topological polar surface area (TPSA) is 12.9 Å². The predicted molar refractivity (Wildman–Crippen MR) is 136 cm³/mol. The van der Waals surface area contributed by atoms with Crippen molar-refractivity contribution in [1.82, 2.24) is 4.98 Å². The molecule has 0 aliphatic rings. The lowest BCUT2D eigenvalue weighted by Crippen LogP contribution is -2.00. The molecule has 31 heavy (non-hydrogen) atoms. The Kier molecular flexibility index (Phi) is 7.46. The van der Waals surface area contributed by atoms with E-state index >= 15 is 0 Å². The minimum Gasteiger partial charge on any atom is -0.252 e. The molecule has 0 amide bonds. The van der Waals surface area contributed by atoms with Gasteiger partial charge in [0.15, 0.2) is 0 Å². The van der Waals surface area contributed by atoms with Crippen molar-refractivity contribution in [3.05, 3.63) is 127 Å². The molecule has 0 aliphatic heterocycles. The van der Waals surface area contributed by atoms with Crippen LogP contribution in [0.4, 0.5) is 0 Å². The molecule has 0 atom stereocenters. The quantitative estimate of drug-likeness (QED) is 0.274. The predicted octanol–water partition coefficient (Wildman–Crippen LogP) is 8.00. The summed E-state index contributed by atoms with van der Waals surface area (Å²) >= 11 is 0. The van der Waals surface area contributed by atoms with E-state index in [0.29, 0.717) is 0 Å². The zero-order chi connectivity index (χ0) is 19.5. The first-order valence-electron chi connectivity index (χ1n) is 9.96. The van der Waals surface area contributed by atoms with Gasteiger partial charge in [-0.2, -0.15) is 0 Å². The highest BCUT2D eigenvalue weighted by molar-refractivity contribution is 6.03. The number of nitrogens with zero attached hydrogens (tertiary/aromatic N) is 1. The Morgan fingerprint density at radius 1 is 0.484 bits per heavy atom. The molecule has 0 spiro atoms. The highest BCUT2D eigenvalue weighted by Crippen LogP contribution is 2.40. The summed E-state index contributed by atoms with van der Waals surface area (Å²) in [5.41, 5.74) is 8.32. The molecule has 0 N–H and O–H groups in total. The van der Waals surface area contributed by atoms with Gasteiger partial charge in [0.05, 0.1) is 11.2 Å². The van der Waals surface area contributed by atoms with Crippen LogP contribution in [0.3, 0.4) is 0 Å². The maximum atomic E-state index is 5.13. The molecular formula is C28H23Cl2N. The normalized spacial score (nSPS) is 10.2. The minimum atomic E-state index is 0. The third-order valence-corrected chi connectivity index (χ3v) is 5.31. The fraction of sp³-hybridized carbons (Fsp3) is 0.0357. The van der Waals surface area contributed by atoms with E-state index in [4.69, 9.17) is 4.98 Å². The summed E-state index contributed by atoms with van der Waals surface area (Å²) in [6.45, 7) is 0. The molecule has 1 aromatic heterocycles. The van der Waals surface area contributed by atoms with Crippen LogP contribution >= 0.6 is 24.8 Å². The SMILES string of the molecule is Cl.Cl.c1ccc(Cc2nc3ccccc3c(-c3ccccc3)c2-c2ccccc2)cc1. The Morgan fingerprint density at radius 3 is 1.58 bits per heavy atom. The summed E-state index contributed by atoms with van der Waals surface area (Å²) in [5.74, 6) is 0. The molecule has 5 rings (SSSR count). The molecule has 154 valence electrons. The lowest BCUT2D eigenvalue weighted by atomic mass is 9.88. The fourth-order valence-electron chi connectivity index (χ4n) is 4.00. The van der Waals surface area contributed by atoms with Crippen molar-refractivity contribution < 1.29 is 0 Å². The van der Waals surface area contributed by atoms with E-state index in [1.807, 2.05) is 0 Å². The average molecular weight is 444 g/mol. The summed E-state index contributed by atoms with van der Waals surface area (Å²) < 4.78 is 0. The second-order valence-electron chi connectivity index (χ2n) is 7.22. The molecule has 5 aromatic rings. The van der Waals surface area contributed by atoms with Crippen molar-refractivity contribution in [1.29, 1.82) is 0 Å². The van der Waals surface area contributed by atoms with E-state index in [0.717, 1.165) is 17.6 Å². The molecule has 0 saturated carbocycles. The van der Waals surface area contributed by atoms with Crippen LogP contribution in [-0.4, -0.2) is 4.98 Å². The van der Waals surface area contributed by atoms with Crippen molar-refractivity contribution in [2.45, 2.75) is 6.42 Å². The average Bonchev–Trinajstić information content (AvgIpc) is 2.80. The highest BCUT2D eigenvalue weighted by Gasteiger charge is 2.18. The van der Waals surface area contributed by atoms with Gasteiger partial charge in [0, 0.05) is 22.9 Å². The first-order valence-corrected chi connectivity index (χ1v) is 9.96. The minimum absolute atomic E-state index is 0. The lowest BCUT2D eigenvalue weighted by Gasteiger charge is -2.18. The zero-order valence-corrected chi connectivity index (χ0v) is 18.6. The summed E-state index contributed by atoms with van der Waals surface area (Å²) in [4.78, 5) is 5.13. The van der Waals surface area contributed by atoms with E-state index in [1.54, 1.807) is 0 Å². The van der Waals surface area contributed by atoms with E-state index < -0.39 is 0 Å². The molecular weight excluding hydrogens is 421 g/mol. The molecule has 0 aliphatic carbocycles. The number of pyridine rings is 1. The second kappa shape index (κ2) is 10.3. The number of fused-ring (bicyclic) bond motifs is 1. The van der Waals surface area contributed by atoms with Crippen LogP contribution < -0.4 is 0 Å². The van der Waals surface area contributed by atoms with Gasteiger partial charge in [-0.05, 0) is 22.8 Å². The fourth-order valence-corrected chi connectivity index (χ4v) is 4.00. The van der Waals surface area contributed by atoms with Gasteiger partial charge >= 0.3 is 0 Å². The first-order chi connectivity index (χ1) is 14.4. The number of rotatable bonds is 4. The van der Waals surface area contributed by atoms with Gasteiger partial charge in [-0.3, -0.25) is 4.98 Å². The van der Waals surface area contributed by atoms with Crippen LogP contribution in [0.25, 0.3) is 33.2 Å². The van der Waals surface area contributed by atoms with Crippen LogP contribution in [0.1, 0.15) is 11.3 Å². The number of hydrogen-bond donors (Lipinski definition) is 0. The number of hydrogen-bond acceptors (Lipinski definition) is 1. The van der Waals surface area contributed by atoms with Crippen LogP contribution in [0.5, 0.6) is 0 Å². The van der Waals surface area contributed by atoms with Gasteiger partial charge in [-0.15, -0.1) is 24.8 Å². The van der Waals surface area contributed by atoms with Crippen molar-refractivity contribution in [2.24, 2.45) is 0 Å². The van der Waals surface area contributed by atoms with Crippen molar-refractivity contribution >= 4 is 35.7 Å². The van der Waals surface area contributed by atoms with Gasteiger partial charge < -0.3 is 0 Å². The highest BCUT2D eigenvalue weighted by atomic mass is 35.5. The van der Waals surface area contributed by atoms with Gasteiger partial charge in [-0.25, -0.2) is 0 Å². The number of para-hydroxylation sites is 1. The third-order valence-electron chi connectivity index (χ3n) is 5.31. The summed E-state index contributed by atoms with van der Waals surface area (Å²) in [5, 5.41) is 1.19. The van der Waals surface area contributed by atoms with Gasteiger partial charge in [-0.1, -0.05) is 109 Å². The number of benzene rings is 4. The van der Waals surface area contributed by atoms with Crippen LogP contribution in [0.15, 0.2) is 115 Å². The number of aromatic nitrogens is 1. The van der Waals surface area contributed by atoms with Crippen molar-refractivity contribution in [3.63, 3.8) is 0 Å². The number of halogens is 2. The monoisotopic (exact) mass is 443 g/mol. The van der Waals surface area contributed by atoms with E-state index in [1.165, 1.54) is 33.2 Å². The van der Waals surface area contributed by atoms with Gasteiger partial charge in [0.2, 0.25) is 0 Å². The maximum absolute atomic E-state index is 5.13. The Hall–Kier alpha value is -3.13. The molecule has 1 heterocycles. The molecule has 0 bridgehead atoms. The standard InChI is InChI=1S/C28H21N.2ClH/c1-4-12-21(13-5-1)20-26-28(23-16-8-3-9-17-23)27(22-14-6-2-7-15-22)24-18-10-11-19-25(24)29-26;;/h1-19H,20H2;2*1H. The Balaban J connectivity index is 0.00000136. The summed E-state index contributed by atoms with van der Waals surface area (Å²) in [7, 11) is 0. The van der Waals surface area contributed by atoms with Crippen LogP contribution in [-0.2, 0) is 6.42 Å². The summed E-state index contributed by atoms with van der Waals surface area (Å²) in [6, 6.07) is 40.4. The van der Waals surface area contributed by atoms with Crippen LogP contribution in [0, 0.1) is 0 Å². The first kappa shape index (κ1) is 22.6. The van der Waals surface area contributed by atoms with Gasteiger partial charge in [0.1, 0.15) is 0 Å². The second-order valence-corrected chi connectivity index (χ2v) is 7.22.